The number of sulfonamides is 1. The van der Waals surface area contributed by atoms with E-state index in [0.29, 0.717) is 0 Å². The van der Waals surface area contributed by atoms with E-state index in [9.17, 15) is 17.2 Å². The summed E-state index contributed by atoms with van der Waals surface area (Å²) >= 11 is 2.83. The zero-order valence-corrected chi connectivity index (χ0v) is 9.89. The third-order valence-corrected chi connectivity index (χ3v) is 3.20. The summed E-state index contributed by atoms with van der Waals surface area (Å²) in [7, 11) is -4.44. The third-order valence-electron chi connectivity index (χ3n) is 1.62. The highest BCUT2D eigenvalue weighted by Gasteiger charge is 2.27. The number of aromatic nitrogens is 1. The van der Waals surface area contributed by atoms with Gasteiger partial charge in [-0.25, -0.2) is 22.3 Å². The van der Waals surface area contributed by atoms with Gasteiger partial charge in [0.2, 0.25) is 10.0 Å². The monoisotopic (exact) mass is 311 g/mol. The van der Waals surface area contributed by atoms with Gasteiger partial charge in [-0.1, -0.05) is 0 Å². The van der Waals surface area contributed by atoms with Crippen LogP contribution in [0.4, 0.5) is 8.78 Å². The molecule has 0 spiro atoms. The van der Waals surface area contributed by atoms with Crippen molar-refractivity contribution in [2.45, 2.75) is 11.3 Å². The van der Waals surface area contributed by atoms with Gasteiger partial charge in [-0.05, 0) is 15.9 Å². The molecule has 1 aromatic heterocycles. The highest BCUT2D eigenvalue weighted by molar-refractivity contribution is 9.10. The predicted molar refractivity (Wildman–Crippen MR) is 53.0 cm³/mol. The molecule has 0 aromatic carbocycles. The van der Waals surface area contributed by atoms with E-state index in [2.05, 4.69) is 20.9 Å². The normalized spacial score (nSPS) is 11.5. The lowest BCUT2D eigenvalue weighted by molar-refractivity contribution is 0.142. The molecule has 0 saturated heterocycles. The largest absolute Gasteiger partial charge is 0.281 e. The molecule has 0 amide bonds. The zero-order chi connectivity index (χ0) is 12.5. The van der Waals surface area contributed by atoms with Crippen molar-refractivity contribution in [1.29, 1.82) is 5.26 Å². The summed E-state index contributed by atoms with van der Waals surface area (Å²) in [5.74, 6) is 0. The van der Waals surface area contributed by atoms with Gasteiger partial charge < -0.3 is 0 Å². The maximum Gasteiger partial charge on any atom is 0.281 e. The van der Waals surface area contributed by atoms with Crippen LogP contribution in [0.1, 0.15) is 17.7 Å². The van der Waals surface area contributed by atoms with Crippen LogP contribution >= 0.6 is 15.9 Å². The van der Waals surface area contributed by atoms with Crippen LogP contribution in [0, 0.1) is 11.3 Å². The van der Waals surface area contributed by atoms with Crippen LogP contribution in [0.5, 0.6) is 0 Å². The van der Waals surface area contributed by atoms with Crippen LogP contribution in [0.15, 0.2) is 15.6 Å². The lowest BCUT2D eigenvalue weighted by atomic mass is 10.2. The Morgan fingerprint density at radius 3 is 2.50 bits per heavy atom. The Bertz CT molecular complexity index is 568. The SMILES string of the molecule is N#Cc1c(Br)cnc(C(F)F)c1S(N)(=O)=O. The van der Waals surface area contributed by atoms with Crippen LogP contribution in [-0.2, 0) is 10.0 Å². The average molecular weight is 312 g/mol. The van der Waals surface area contributed by atoms with Gasteiger partial charge in [0.15, 0.2) is 0 Å². The van der Waals surface area contributed by atoms with Gasteiger partial charge in [-0.2, -0.15) is 5.26 Å². The Hall–Kier alpha value is -1.11. The molecular formula is C7H4BrF2N3O2S. The van der Waals surface area contributed by atoms with Gasteiger partial charge >= 0.3 is 0 Å². The molecular weight excluding hydrogens is 308 g/mol. The van der Waals surface area contributed by atoms with E-state index in [1.165, 1.54) is 6.07 Å². The number of alkyl halides is 2. The van der Waals surface area contributed by atoms with Crippen molar-refractivity contribution >= 4 is 26.0 Å². The van der Waals surface area contributed by atoms with E-state index in [-0.39, 0.29) is 4.47 Å². The van der Waals surface area contributed by atoms with Crippen LogP contribution in [0.2, 0.25) is 0 Å². The minimum atomic E-state index is -4.44. The van der Waals surface area contributed by atoms with E-state index in [1.54, 1.807) is 0 Å². The Labute approximate surface area is 98.1 Å². The number of pyridine rings is 1. The van der Waals surface area contributed by atoms with Gasteiger partial charge in [-0.3, -0.25) is 4.98 Å². The number of hydrogen-bond donors (Lipinski definition) is 1. The molecule has 0 fully saturated rings. The first-order chi connectivity index (χ1) is 7.29. The van der Waals surface area contributed by atoms with Gasteiger partial charge in [0.25, 0.3) is 6.43 Å². The van der Waals surface area contributed by atoms with Crippen molar-refractivity contribution in [1.82, 2.24) is 4.98 Å². The van der Waals surface area contributed by atoms with Crippen molar-refractivity contribution in [3.05, 3.63) is 21.9 Å². The second kappa shape index (κ2) is 4.40. The molecule has 2 N–H and O–H groups in total. The second-order valence-electron chi connectivity index (χ2n) is 2.65. The van der Waals surface area contributed by atoms with Crippen LogP contribution < -0.4 is 5.14 Å². The van der Waals surface area contributed by atoms with E-state index in [0.717, 1.165) is 6.20 Å². The fourth-order valence-corrected chi connectivity index (χ4v) is 2.43. The minimum Gasteiger partial charge on any atom is -0.253 e. The lowest BCUT2D eigenvalue weighted by Gasteiger charge is -2.08. The first-order valence-electron chi connectivity index (χ1n) is 3.68. The number of hydrogen-bond acceptors (Lipinski definition) is 4. The summed E-state index contributed by atoms with van der Waals surface area (Å²) in [5.41, 5.74) is -1.50. The maximum atomic E-state index is 12.5. The predicted octanol–water partition coefficient (Wildman–Crippen LogP) is 1.30. The van der Waals surface area contributed by atoms with Crippen molar-refractivity contribution in [3.63, 3.8) is 0 Å². The molecule has 0 aliphatic rings. The smallest absolute Gasteiger partial charge is 0.253 e. The molecule has 16 heavy (non-hydrogen) atoms. The van der Waals surface area contributed by atoms with Crippen molar-refractivity contribution < 1.29 is 17.2 Å². The first kappa shape index (κ1) is 13.0. The van der Waals surface area contributed by atoms with E-state index < -0.39 is 32.6 Å². The van der Waals surface area contributed by atoms with Crippen LogP contribution in [-0.4, -0.2) is 13.4 Å². The summed E-state index contributed by atoms with van der Waals surface area (Å²) in [5, 5.41) is 13.5. The topological polar surface area (TPSA) is 96.8 Å². The molecule has 0 atom stereocenters. The summed E-state index contributed by atoms with van der Waals surface area (Å²) < 4.78 is 47.2. The quantitative estimate of drug-likeness (QED) is 0.890. The number of halogens is 3. The Morgan fingerprint density at radius 1 is 1.56 bits per heavy atom. The fraction of sp³-hybridized carbons (Fsp3) is 0.143. The van der Waals surface area contributed by atoms with Crippen molar-refractivity contribution in [2.75, 3.05) is 0 Å². The van der Waals surface area contributed by atoms with Crippen molar-refractivity contribution in [2.24, 2.45) is 5.14 Å². The Balaban J connectivity index is 3.77. The highest BCUT2D eigenvalue weighted by Crippen LogP contribution is 2.30. The van der Waals surface area contributed by atoms with Crippen LogP contribution in [0.25, 0.3) is 0 Å². The van der Waals surface area contributed by atoms with Gasteiger partial charge in [-0.15, -0.1) is 0 Å². The van der Waals surface area contributed by atoms with Crippen molar-refractivity contribution in [3.8, 4) is 6.07 Å². The molecule has 1 rings (SSSR count). The van der Waals surface area contributed by atoms with E-state index in [1.807, 2.05) is 0 Å². The summed E-state index contributed by atoms with van der Waals surface area (Å²) in [6.07, 6.45) is -2.21. The molecule has 0 aliphatic carbocycles. The molecule has 5 nitrogen and oxygen atoms in total. The van der Waals surface area contributed by atoms with Gasteiger partial charge in [0.05, 0.1) is 10.0 Å². The fourth-order valence-electron chi connectivity index (χ4n) is 1.03. The molecule has 0 unspecified atom stereocenters. The van der Waals surface area contributed by atoms with Gasteiger partial charge in [0, 0.05) is 6.20 Å². The Morgan fingerprint density at radius 2 is 2.12 bits per heavy atom. The zero-order valence-electron chi connectivity index (χ0n) is 7.49. The highest BCUT2D eigenvalue weighted by atomic mass is 79.9. The second-order valence-corrected chi connectivity index (χ2v) is 5.01. The molecule has 9 heteroatoms. The summed E-state index contributed by atoms with van der Waals surface area (Å²) in [6.45, 7) is 0. The Kier molecular flexibility index (Phi) is 3.57. The number of nitrogens with two attached hydrogens (primary N) is 1. The van der Waals surface area contributed by atoms with E-state index >= 15 is 0 Å². The number of rotatable bonds is 2. The van der Waals surface area contributed by atoms with Crippen LogP contribution in [0.3, 0.4) is 0 Å². The molecule has 0 aliphatic heterocycles. The molecule has 1 aromatic rings. The number of nitrogens with zero attached hydrogens (tertiary/aromatic N) is 2. The third kappa shape index (κ3) is 2.34. The number of nitriles is 1. The standard InChI is InChI=1S/C7H4BrF2N3O2S/c8-4-2-13-5(7(9)10)6(3(4)1-11)16(12,14)15/h2,7H,(H2,12,14,15). The summed E-state index contributed by atoms with van der Waals surface area (Å²) in [6, 6.07) is 1.49. The molecule has 0 radical (unpaired) electrons. The molecule has 86 valence electrons. The number of primary sulfonamides is 1. The minimum absolute atomic E-state index is 0.0107. The van der Waals surface area contributed by atoms with E-state index in [4.69, 9.17) is 10.4 Å². The molecule has 1 heterocycles. The summed E-state index contributed by atoms with van der Waals surface area (Å²) in [4.78, 5) is 2.30. The lowest BCUT2D eigenvalue weighted by Crippen LogP contribution is -2.18. The first-order valence-corrected chi connectivity index (χ1v) is 6.02. The van der Waals surface area contributed by atoms with Gasteiger partial charge in [0.1, 0.15) is 16.7 Å². The average Bonchev–Trinajstić information content (AvgIpc) is 2.15. The maximum absolute atomic E-state index is 12.5. The molecule has 0 bridgehead atoms. The molecule has 0 saturated carbocycles.